The van der Waals surface area contributed by atoms with Crippen LogP contribution in [0.3, 0.4) is 0 Å². The Hall–Kier alpha value is -1.79. The molecular formula is C14H12N4S2. The highest BCUT2D eigenvalue weighted by Gasteiger charge is 2.09. The molecule has 6 heteroatoms. The van der Waals surface area contributed by atoms with Gasteiger partial charge in [0, 0.05) is 30.6 Å². The van der Waals surface area contributed by atoms with Crippen LogP contribution in [-0.4, -0.2) is 18.9 Å². The lowest BCUT2D eigenvalue weighted by molar-refractivity contribution is 0.814. The van der Waals surface area contributed by atoms with Gasteiger partial charge in [-0.2, -0.15) is 0 Å². The van der Waals surface area contributed by atoms with Gasteiger partial charge in [-0.05, 0) is 12.1 Å². The molecule has 100 valence electrons. The van der Waals surface area contributed by atoms with Crippen LogP contribution in [0.4, 0.5) is 0 Å². The largest absolute Gasteiger partial charge is 0.322 e. The highest BCUT2D eigenvalue weighted by Crippen LogP contribution is 2.25. The van der Waals surface area contributed by atoms with E-state index in [0.717, 1.165) is 27.1 Å². The van der Waals surface area contributed by atoms with Crippen LogP contribution >= 0.6 is 23.1 Å². The summed E-state index contributed by atoms with van der Waals surface area (Å²) in [6, 6.07) is 8.21. The fraction of sp³-hybridized carbons (Fsp3) is 0.143. The average molecular weight is 300 g/mol. The second kappa shape index (κ2) is 4.64. The number of hydrogen-bond acceptors (Lipinski definition) is 4. The molecule has 0 atom stereocenters. The molecule has 4 nitrogen and oxygen atoms in total. The minimum Gasteiger partial charge on any atom is -0.322 e. The zero-order valence-corrected chi connectivity index (χ0v) is 12.5. The highest BCUT2D eigenvalue weighted by atomic mass is 32.2. The summed E-state index contributed by atoms with van der Waals surface area (Å²) in [6.07, 6.45) is 4.12. The Labute approximate surface area is 124 Å². The van der Waals surface area contributed by atoms with E-state index in [9.17, 15) is 0 Å². The van der Waals surface area contributed by atoms with Crippen molar-refractivity contribution in [3.63, 3.8) is 0 Å². The SMILES string of the molecule is Cn1c(SCc2cn3ccsc3n2)nc2ccccc21. The molecule has 0 aliphatic rings. The van der Waals surface area contributed by atoms with Crippen LogP contribution in [0, 0.1) is 0 Å². The number of hydrogen-bond donors (Lipinski definition) is 0. The van der Waals surface area contributed by atoms with Crippen LogP contribution in [0.1, 0.15) is 5.69 Å². The van der Waals surface area contributed by atoms with Gasteiger partial charge in [-0.15, -0.1) is 11.3 Å². The van der Waals surface area contributed by atoms with E-state index in [1.165, 1.54) is 5.52 Å². The maximum Gasteiger partial charge on any atom is 0.193 e. The molecule has 0 radical (unpaired) electrons. The summed E-state index contributed by atoms with van der Waals surface area (Å²) < 4.78 is 4.20. The summed E-state index contributed by atoms with van der Waals surface area (Å²) >= 11 is 3.38. The minimum absolute atomic E-state index is 0.839. The number of para-hydroxylation sites is 2. The molecule has 0 saturated heterocycles. The highest BCUT2D eigenvalue weighted by molar-refractivity contribution is 7.98. The van der Waals surface area contributed by atoms with E-state index in [1.807, 2.05) is 29.8 Å². The second-order valence-corrected chi connectivity index (χ2v) is 6.37. The van der Waals surface area contributed by atoms with Gasteiger partial charge in [-0.3, -0.25) is 4.40 Å². The molecule has 20 heavy (non-hydrogen) atoms. The van der Waals surface area contributed by atoms with Crippen LogP contribution in [-0.2, 0) is 12.8 Å². The molecule has 0 amide bonds. The molecule has 0 aliphatic carbocycles. The van der Waals surface area contributed by atoms with Crippen molar-refractivity contribution in [1.29, 1.82) is 0 Å². The normalized spacial score (nSPS) is 11.7. The fourth-order valence-corrected chi connectivity index (χ4v) is 3.83. The first kappa shape index (κ1) is 12.0. The van der Waals surface area contributed by atoms with E-state index in [2.05, 4.69) is 38.2 Å². The third-order valence-corrected chi connectivity index (χ3v) is 5.07. The summed E-state index contributed by atoms with van der Waals surface area (Å²) in [5, 5.41) is 3.08. The second-order valence-electron chi connectivity index (χ2n) is 4.56. The Balaban J connectivity index is 1.61. The number of aromatic nitrogens is 4. The lowest BCUT2D eigenvalue weighted by Crippen LogP contribution is -1.91. The van der Waals surface area contributed by atoms with Gasteiger partial charge in [0.1, 0.15) is 0 Å². The Bertz CT molecular complexity index is 858. The number of aryl methyl sites for hydroxylation is 1. The fourth-order valence-electron chi connectivity index (χ4n) is 2.24. The predicted molar refractivity (Wildman–Crippen MR) is 83.3 cm³/mol. The molecule has 3 heterocycles. The van der Waals surface area contributed by atoms with Crippen LogP contribution in [0.5, 0.6) is 0 Å². The Morgan fingerprint density at radius 1 is 1.25 bits per heavy atom. The van der Waals surface area contributed by atoms with Crippen LogP contribution in [0.15, 0.2) is 47.2 Å². The van der Waals surface area contributed by atoms with Gasteiger partial charge in [0.05, 0.1) is 16.7 Å². The Morgan fingerprint density at radius 2 is 2.15 bits per heavy atom. The van der Waals surface area contributed by atoms with E-state index < -0.39 is 0 Å². The molecule has 0 bridgehead atoms. The first-order chi connectivity index (χ1) is 9.81. The number of nitrogens with zero attached hydrogens (tertiary/aromatic N) is 4. The summed E-state index contributed by atoms with van der Waals surface area (Å²) in [5.41, 5.74) is 3.30. The third-order valence-electron chi connectivity index (χ3n) is 3.24. The van der Waals surface area contributed by atoms with E-state index >= 15 is 0 Å². The Morgan fingerprint density at radius 3 is 3.00 bits per heavy atom. The molecule has 0 fully saturated rings. The summed E-state index contributed by atoms with van der Waals surface area (Å²) in [4.78, 5) is 10.3. The minimum atomic E-state index is 0.839. The van der Waals surface area contributed by atoms with E-state index in [1.54, 1.807) is 23.1 Å². The molecule has 3 aromatic heterocycles. The van der Waals surface area contributed by atoms with E-state index in [0.29, 0.717) is 0 Å². The molecule has 0 saturated carbocycles. The number of thioether (sulfide) groups is 1. The van der Waals surface area contributed by atoms with Crippen molar-refractivity contribution >= 4 is 39.1 Å². The summed E-state index contributed by atoms with van der Waals surface area (Å²) in [7, 11) is 2.06. The van der Waals surface area contributed by atoms with Crippen molar-refractivity contribution in [2.75, 3.05) is 0 Å². The van der Waals surface area contributed by atoms with Crippen LogP contribution in [0.2, 0.25) is 0 Å². The molecule has 0 spiro atoms. The van der Waals surface area contributed by atoms with Crippen molar-refractivity contribution in [1.82, 2.24) is 18.9 Å². The van der Waals surface area contributed by atoms with Gasteiger partial charge >= 0.3 is 0 Å². The predicted octanol–water partition coefficient (Wildman–Crippen LogP) is 3.57. The first-order valence-corrected chi connectivity index (χ1v) is 8.13. The smallest absolute Gasteiger partial charge is 0.193 e. The number of imidazole rings is 2. The standard InChI is InChI=1S/C14H12N4S2/c1-17-12-5-3-2-4-11(12)16-13(17)20-9-10-8-18-6-7-19-14(18)15-10/h2-8H,9H2,1H3. The Kier molecular flexibility index (Phi) is 2.78. The van der Waals surface area contributed by atoms with E-state index in [4.69, 9.17) is 0 Å². The number of fused-ring (bicyclic) bond motifs is 2. The van der Waals surface area contributed by atoms with Crippen LogP contribution < -0.4 is 0 Å². The number of benzene rings is 1. The maximum absolute atomic E-state index is 4.66. The monoisotopic (exact) mass is 300 g/mol. The molecule has 1 aromatic carbocycles. The zero-order chi connectivity index (χ0) is 13.5. The van der Waals surface area contributed by atoms with E-state index in [-0.39, 0.29) is 0 Å². The van der Waals surface area contributed by atoms with Crippen molar-refractivity contribution in [3.8, 4) is 0 Å². The topological polar surface area (TPSA) is 35.1 Å². The van der Waals surface area contributed by atoms with Crippen molar-refractivity contribution < 1.29 is 0 Å². The molecular weight excluding hydrogens is 288 g/mol. The van der Waals surface area contributed by atoms with Gasteiger partial charge < -0.3 is 4.57 Å². The first-order valence-electron chi connectivity index (χ1n) is 6.26. The van der Waals surface area contributed by atoms with Crippen molar-refractivity contribution in [2.24, 2.45) is 7.05 Å². The van der Waals surface area contributed by atoms with Gasteiger partial charge in [-0.25, -0.2) is 9.97 Å². The quantitative estimate of drug-likeness (QED) is 0.543. The molecule has 0 N–H and O–H groups in total. The third kappa shape index (κ3) is 1.92. The summed E-state index contributed by atoms with van der Waals surface area (Å²) in [6.45, 7) is 0. The van der Waals surface area contributed by atoms with Gasteiger partial charge in [0.25, 0.3) is 0 Å². The van der Waals surface area contributed by atoms with Gasteiger partial charge in [0.2, 0.25) is 0 Å². The average Bonchev–Trinajstić information content (AvgIpc) is 3.11. The van der Waals surface area contributed by atoms with Gasteiger partial charge in [0.15, 0.2) is 10.1 Å². The molecule has 0 aliphatic heterocycles. The van der Waals surface area contributed by atoms with Crippen LogP contribution in [0.25, 0.3) is 16.0 Å². The summed E-state index contributed by atoms with van der Waals surface area (Å²) in [5.74, 6) is 0.839. The molecule has 0 unspecified atom stereocenters. The van der Waals surface area contributed by atoms with Crippen molar-refractivity contribution in [3.05, 3.63) is 47.7 Å². The van der Waals surface area contributed by atoms with Gasteiger partial charge in [-0.1, -0.05) is 23.9 Å². The lowest BCUT2D eigenvalue weighted by Gasteiger charge is -2.00. The molecule has 4 aromatic rings. The number of thiazole rings is 1. The lowest BCUT2D eigenvalue weighted by atomic mass is 10.3. The van der Waals surface area contributed by atoms with Crippen molar-refractivity contribution in [2.45, 2.75) is 10.9 Å². The molecule has 4 rings (SSSR count). The number of rotatable bonds is 3. The zero-order valence-electron chi connectivity index (χ0n) is 10.9. The maximum atomic E-state index is 4.66.